The van der Waals surface area contributed by atoms with Crippen LogP contribution >= 0.6 is 11.6 Å². The van der Waals surface area contributed by atoms with Gasteiger partial charge in [-0.05, 0) is 12.1 Å². The third-order valence-corrected chi connectivity index (χ3v) is 4.65. The highest BCUT2D eigenvalue weighted by Gasteiger charge is 2.22. The first kappa shape index (κ1) is 23.9. The number of hydrogen-bond donors (Lipinski definition) is 3. The van der Waals surface area contributed by atoms with Crippen LogP contribution in [0.15, 0.2) is 30.5 Å². The van der Waals surface area contributed by atoms with Crippen molar-refractivity contribution in [2.24, 2.45) is 5.73 Å². The summed E-state index contributed by atoms with van der Waals surface area (Å²) in [6, 6.07) is 3.49. The number of pyridine rings is 1. The van der Waals surface area contributed by atoms with Crippen molar-refractivity contribution in [2.75, 3.05) is 19.0 Å². The van der Waals surface area contributed by atoms with Crippen LogP contribution in [0, 0.1) is 11.6 Å². The van der Waals surface area contributed by atoms with Crippen molar-refractivity contribution in [3.63, 3.8) is 0 Å². The third-order valence-electron chi connectivity index (χ3n) is 4.28. The topological polar surface area (TPSA) is 116 Å². The summed E-state index contributed by atoms with van der Waals surface area (Å²) < 4.78 is 64.3. The molecule has 3 amide bonds. The molecule has 8 nitrogen and oxygen atoms in total. The molecule has 3 aromatic rings. The quantitative estimate of drug-likeness (QED) is 0.337. The smallest absolute Gasteiger partial charge is 0.319 e. The zero-order chi connectivity index (χ0) is 24.3. The van der Waals surface area contributed by atoms with Crippen molar-refractivity contribution in [3.05, 3.63) is 52.7 Å². The van der Waals surface area contributed by atoms with Gasteiger partial charge in [0.15, 0.2) is 17.4 Å². The van der Waals surface area contributed by atoms with E-state index in [0.29, 0.717) is 6.07 Å². The van der Waals surface area contributed by atoms with Gasteiger partial charge >= 0.3 is 6.03 Å². The highest BCUT2D eigenvalue weighted by Crippen LogP contribution is 2.39. The van der Waals surface area contributed by atoms with Gasteiger partial charge in [-0.3, -0.25) is 9.78 Å². The van der Waals surface area contributed by atoms with Crippen LogP contribution < -0.4 is 25.8 Å². The zero-order valence-electron chi connectivity index (χ0n) is 16.7. The Bertz CT molecular complexity index is 1240. The van der Waals surface area contributed by atoms with E-state index in [4.69, 9.17) is 26.8 Å². The number of benzene rings is 2. The molecule has 1 heterocycles. The van der Waals surface area contributed by atoms with E-state index in [1.54, 1.807) is 5.32 Å². The number of nitrogens with two attached hydrogens (primary N) is 1. The standard InChI is InChI=1S/C20H15ClF4N4O4/c1-32-14-6-11-8(4-9(14)19(26)30)13(2-3-27-11)33-18-10(22)5-12(16(21)17(18)25)29-20(31)28-7-15(23)24/h2-6,15H,7H2,1H3,(H2,26,30)(H2,28,29,31). The Hall–Kier alpha value is -3.80. The summed E-state index contributed by atoms with van der Waals surface area (Å²) in [6.45, 7) is -0.969. The Morgan fingerprint density at radius 2 is 1.94 bits per heavy atom. The first-order chi connectivity index (χ1) is 15.6. The lowest BCUT2D eigenvalue weighted by molar-refractivity contribution is 0.0997. The number of amides is 3. The first-order valence-corrected chi connectivity index (χ1v) is 9.45. The van der Waals surface area contributed by atoms with Gasteiger partial charge in [0.1, 0.15) is 16.5 Å². The van der Waals surface area contributed by atoms with Crippen LogP contribution in [-0.2, 0) is 0 Å². The lowest BCUT2D eigenvalue weighted by Gasteiger charge is -2.15. The maximum Gasteiger partial charge on any atom is 0.319 e. The van der Waals surface area contributed by atoms with Crippen LogP contribution in [0.3, 0.4) is 0 Å². The summed E-state index contributed by atoms with van der Waals surface area (Å²) in [5.74, 6) is -4.30. The number of nitrogens with one attached hydrogen (secondary N) is 2. The molecule has 13 heteroatoms. The second kappa shape index (κ2) is 9.77. The number of carbonyl (C=O) groups excluding carboxylic acids is 2. The number of ether oxygens (including phenoxy) is 2. The number of primary amides is 1. The van der Waals surface area contributed by atoms with Gasteiger partial charge in [-0.15, -0.1) is 0 Å². The normalized spacial score (nSPS) is 10.9. The largest absolute Gasteiger partial charge is 0.496 e. The number of fused-ring (bicyclic) bond motifs is 1. The van der Waals surface area contributed by atoms with Crippen molar-refractivity contribution in [1.29, 1.82) is 0 Å². The van der Waals surface area contributed by atoms with Gasteiger partial charge < -0.3 is 25.8 Å². The van der Waals surface area contributed by atoms with Crippen LogP contribution in [-0.4, -0.2) is 37.0 Å². The van der Waals surface area contributed by atoms with Gasteiger partial charge in [0.25, 0.3) is 12.3 Å². The van der Waals surface area contributed by atoms with E-state index < -0.39 is 53.0 Å². The van der Waals surface area contributed by atoms with E-state index in [2.05, 4.69) is 4.98 Å². The summed E-state index contributed by atoms with van der Waals surface area (Å²) in [5, 5.41) is 3.24. The number of carbonyl (C=O) groups is 2. The van der Waals surface area contributed by atoms with Crippen LogP contribution in [0.5, 0.6) is 17.2 Å². The Kier molecular flexibility index (Phi) is 7.07. The van der Waals surface area contributed by atoms with Crippen molar-refractivity contribution in [1.82, 2.24) is 10.3 Å². The van der Waals surface area contributed by atoms with Crippen molar-refractivity contribution in [3.8, 4) is 17.2 Å². The van der Waals surface area contributed by atoms with Crippen LogP contribution in [0.2, 0.25) is 5.02 Å². The van der Waals surface area contributed by atoms with Gasteiger partial charge in [-0.25, -0.2) is 22.4 Å². The summed E-state index contributed by atoms with van der Waals surface area (Å²) >= 11 is 5.87. The average molecular weight is 487 g/mol. The van der Waals surface area contributed by atoms with Crippen LogP contribution in [0.1, 0.15) is 10.4 Å². The molecule has 0 saturated heterocycles. The minimum atomic E-state index is -2.82. The Morgan fingerprint density at radius 1 is 1.21 bits per heavy atom. The molecule has 0 spiro atoms. The zero-order valence-corrected chi connectivity index (χ0v) is 17.5. The fourth-order valence-electron chi connectivity index (χ4n) is 2.81. The molecular weight excluding hydrogens is 472 g/mol. The predicted octanol–water partition coefficient (Wildman–Crippen LogP) is 4.45. The molecule has 33 heavy (non-hydrogen) atoms. The maximum absolute atomic E-state index is 14.8. The number of aromatic nitrogens is 1. The molecule has 0 fully saturated rings. The Balaban J connectivity index is 1.98. The van der Waals surface area contributed by atoms with E-state index in [9.17, 15) is 27.2 Å². The van der Waals surface area contributed by atoms with E-state index in [1.165, 1.54) is 31.5 Å². The monoisotopic (exact) mass is 486 g/mol. The average Bonchev–Trinajstić information content (AvgIpc) is 2.77. The van der Waals surface area contributed by atoms with Crippen LogP contribution in [0.4, 0.5) is 28.0 Å². The summed E-state index contributed by atoms with van der Waals surface area (Å²) in [5.41, 5.74) is 5.10. The lowest BCUT2D eigenvalue weighted by Crippen LogP contribution is -2.32. The second-order valence-electron chi connectivity index (χ2n) is 6.43. The molecule has 0 atom stereocenters. The minimum absolute atomic E-state index is 0.0174. The molecule has 0 aliphatic carbocycles. The molecule has 1 aromatic heterocycles. The molecule has 0 radical (unpaired) electrons. The molecule has 4 N–H and O–H groups in total. The molecule has 3 rings (SSSR count). The maximum atomic E-state index is 14.8. The molecule has 174 valence electrons. The van der Waals surface area contributed by atoms with Crippen LogP contribution in [0.25, 0.3) is 10.9 Å². The summed E-state index contributed by atoms with van der Waals surface area (Å²) in [6.07, 6.45) is -1.53. The number of halogens is 5. The van der Waals surface area contributed by atoms with Gasteiger partial charge in [0.2, 0.25) is 0 Å². The van der Waals surface area contributed by atoms with Crippen molar-refractivity contribution in [2.45, 2.75) is 6.43 Å². The van der Waals surface area contributed by atoms with Gasteiger partial charge in [0, 0.05) is 23.7 Å². The summed E-state index contributed by atoms with van der Waals surface area (Å²) in [7, 11) is 1.32. The van der Waals surface area contributed by atoms with E-state index in [1.807, 2.05) is 5.32 Å². The SMILES string of the molecule is COc1cc2nccc(Oc3c(F)cc(NC(=O)NCC(F)F)c(Cl)c3F)c2cc1C(N)=O. The molecule has 0 bridgehead atoms. The predicted molar refractivity (Wildman–Crippen MR) is 111 cm³/mol. The van der Waals surface area contributed by atoms with Gasteiger partial charge in [-0.1, -0.05) is 11.6 Å². The fraction of sp³-hybridized carbons (Fsp3) is 0.150. The van der Waals surface area contributed by atoms with E-state index in [0.717, 1.165) is 0 Å². The molecule has 0 aliphatic rings. The Labute approximate surface area is 188 Å². The first-order valence-electron chi connectivity index (χ1n) is 9.07. The highest BCUT2D eigenvalue weighted by molar-refractivity contribution is 6.34. The van der Waals surface area contributed by atoms with E-state index in [-0.39, 0.29) is 28.0 Å². The minimum Gasteiger partial charge on any atom is -0.496 e. The number of alkyl halides is 2. The van der Waals surface area contributed by atoms with Crippen molar-refractivity contribution >= 4 is 40.1 Å². The number of nitrogens with zero attached hydrogens (tertiary/aromatic N) is 1. The number of urea groups is 1. The number of hydrogen-bond acceptors (Lipinski definition) is 5. The summed E-state index contributed by atoms with van der Waals surface area (Å²) in [4.78, 5) is 27.4. The highest BCUT2D eigenvalue weighted by atomic mass is 35.5. The molecule has 0 unspecified atom stereocenters. The number of anilines is 1. The third kappa shape index (κ3) is 5.17. The van der Waals surface area contributed by atoms with E-state index >= 15 is 0 Å². The number of methoxy groups -OCH3 is 1. The molecule has 2 aromatic carbocycles. The Morgan fingerprint density at radius 3 is 2.58 bits per heavy atom. The van der Waals surface area contributed by atoms with Crippen molar-refractivity contribution < 1.29 is 36.6 Å². The van der Waals surface area contributed by atoms with Gasteiger partial charge in [0.05, 0.1) is 30.4 Å². The van der Waals surface area contributed by atoms with Gasteiger partial charge in [-0.2, -0.15) is 0 Å². The molecular formula is C20H15ClF4N4O4. The fourth-order valence-corrected chi connectivity index (χ4v) is 3.00. The number of rotatable bonds is 7. The lowest BCUT2D eigenvalue weighted by atomic mass is 10.1. The molecule has 0 saturated carbocycles. The second-order valence-corrected chi connectivity index (χ2v) is 6.81. The molecule has 0 aliphatic heterocycles.